The highest BCUT2D eigenvalue weighted by Gasteiger charge is 2.72. The van der Waals surface area contributed by atoms with Crippen molar-refractivity contribution in [1.82, 2.24) is 0 Å². The lowest BCUT2D eigenvalue weighted by Crippen LogP contribution is -2.33. The van der Waals surface area contributed by atoms with E-state index < -0.39 is 0 Å². The highest BCUT2D eigenvalue weighted by Crippen LogP contribution is 2.62. The fourth-order valence-electron chi connectivity index (χ4n) is 2.75. The van der Waals surface area contributed by atoms with Gasteiger partial charge in [-0.3, -0.25) is 0 Å². The van der Waals surface area contributed by atoms with Gasteiger partial charge in [-0.05, 0) is 12.8 Å². The molecule has 3 fully saturated rings. The number of hydrogen-bond donors (Lipinski definition) is 0. The molecule has 0 N–H and O–H groups in total. The van der Waals surface area contributed by atoms with Crippen LogP contribution in [0.25, 0.3) is 0 Å². The minimum atomic E-state index is 0.194. The molecule has 0 amide bonds. The van der Waals surface area contributed by atoms with Crippen LogP contribution >= 0.6 is 0 Å². The third kappa shape index (κ3) is 0.686. The van der Waals surface area contributed by atoms with E-state index in [2.05, 4.69) is 20.8 Å². The molecule has 0 radical (unpaired) electrons. The molecule has 2 aliphatic heterocycles. The molecule has 1 saturated carbocycles. The highest BCUT2D eigenvalue weighted by molar-refractivity contribution is 5.20. The van der Waals surface area contributed by atoms with E-state index in [1.54, 1.807) is 0 Å². The third-order valence-electron chi connectivity index (χ3n) is 3.96. The second-order valence-electron chi connectivity index (χ2n) is 5.04. The van der Waals surface area contributed by atoms with E-state index in [0.29, 0.717) is 18.1 Å². The van der Waals surface area contributed by atoms with Gasteiger partial charge in [-0.1, -0.05) is 13.8 Å². The SMILES string of the molecule is CC(C)[C@]12C[C@H]3O[C@@]3(C)C[C@H]1O2. The highest BCUT2D eigenvalue weighted by atomic mass is 16.6. The van der Waals surface area contributed by atoms with E-state index in [1.807, 2.05) is 0 Å². The van der Waals surface area contributed by atoms with Crippen LogP contribution in [0, 0.1) is 5.92 Å². The van der Waals surface area contributed by atoms with Gasteiger partial charge in [-0.2, -0.15) is 0 Å². The molecule has 3 aliphatic rings. The van der Waals surface area contributed by atoms with Gasteiger partial charge in [0.25, 0.3) is 0 Å². The normalized spacial score (nSPS) is 61.0. The Morgan fingerprint density at radius 2 is 1.92 bits per heavy atom. The third-order valence-corrected chi connectivity index (χ3v) is 3.96. The van der Waals surface area contributed by atoms with Crippen LogP contribution in [0.2, 0.25) is 0 Å². The number of rotatable bonds is 1. The monoisotopic (exact) mass is 168 g/mol. The minimum Gasteiger partial charge on any atom is -0.366 e. The topological polar surface area (TPSA) is 25.1 Å². The summed E-state index contributed by atoms with van der Waals surface area (Å²) in [6, 6.07) is 0. The lowest BCUT2D eigenvalue weighted by atomic mass is 9.77. The molecule has 0 spiro atoms. The fourth-order valence-corrected chi connectivity index (χ4v) is 2.75. The molecule has 1 aliphatic carbocycles. The van der Waals surface area contributed by atoms with Gasteiger partial charge in [0.2, 0.25) is 0 Å². The Labute approximate surface area is 73.2 Å². The van der Waals surface area contributed by atoms with Gasteiger partial charge in [0.1, 0.15) is 0 Å². The number of ether oxygens (including phenoxy) is 2. The number of epoxide rings is 2. The van der Waals surface area contributed by atoms with Crippen LogP contribution in [0.4, 0.5) is 0 Å². The van der Waals surface area contributed by atoms with Gasteiger partial charge in [-0.25, -0.2) is 0 Å². The molecule has 0 aromatic heterocycles. The van der Waals surface area contributed by atoms with Crippen LogP contribution in [-0.2, 0) is 9.47 Å². The first-order chi connectivity index (χ1) is 5.57. The van der Waals surface area contributed by atoms with Gasteiger partial charge in [0, 0.05) is 12.8 Å². The van der Waals surface area contributed by atoms with E-state index in [9.17, 15) is 0 Å². The summed E-state index contributed by atoms with van der Waals surface area (Å²) in [7, 11) is 0. The van der Waals surface area contributed by atoms with Crippen molar-refractivity contribution >= 4 is 0 Å². The summed E-state index contributed by atoms with van der Waals surface area (Å²) in [4.78, 5) is 0. The van der Waals surface area contributed by atoms with Gasteiger partial charge < -0.3 is 9.47 Å². The Morgan fingerprint density at radius 1 is 1.17 bits per heavy atom. The van der Waals surface area contributed by atoms with Gasteiger partial charge in [0.15, 0.2) is 0 Å². The smallest absolute Gasteiger partial charge is 0.0997 e. The van der Waals surface area contributed by atoms with Crippen LogP contribution in [-0.4, -0.2) is 23.4 Å². The van der Waals surface area contributed by atoms with Crippen molar-refractivity contribution in [3.8, 4) is 0 Å². The van der Waals surface area contributed by atoms with Crippen molar-refractivity contribution in [2.24, 2.45) is 5.92 Å². The summed E-state index contributed by atoms with van der Waals surface area (Å²) in [6.07, 6.45) is 3.25. The predicted octanol–water partition coefficient (Wildman–Crippen LogP) is 1.73. The van der Waals surface area contributed by atoms with Crippen LogP contribution in [0.3, 0.4) is 0 Å². The molecule has 68 valence electrons. The summed E-state index contributed by atoms with van der Waals surface area (Å²) in [6.45, 7) is 6.72. The summed E-state index contributed by atoms with van der Waals surface area (Å²) >= 11 is 0. The van der Waals surface area contributed by atoms with E-state index in [-0.39, 0.29) is 11.2 Å². The van der Waals surface area contributed by atoms with E-state index in [1.165, 1.54) is 0 Å². The lowest BCUT2D eigenvalue weighted by molar-refractivity contribution is 0.197. The van der Waals surface area contributed by atoms with Crippen LogP contribution in [0.15, 0.2) is 0 Å². The molecule has 2 heteroatoms. The second-order valence-corrected chi connectivity index (χ2v) is 5.04. The van der Waals surface area contributed by atoms with Crippen molar-refractivity contribution in [3.05, 3.63) is 0 Å². The molecule has 0 aromatic rings. The molecule has 2 nitrogen and oxygen atoms in total. The fraction of sp³-hybridized carbons (Fsp3) is 1.00. The zero-order valence-corrected chi connectivity index (χ0v) is 7.96. The van der Waals surface area contributed by atoms with E-state index >= 15 is 0 Å². The first-order valence-corrected chi connectivity index (χ1v) is 4.92. The van der Waals surface area contributed by atoms with Gasteiger partial charge in [-0.15, -0.1) is 0 Å². The quantitative estimate of drug-likeness (QED) is 0.557. The van der Waals surface area contributed by atoms with Crippen LogP contribution in [0.1, 0.15) is 33.6 Å². The van der Waals surface area contributed by atoms with Crippen molar-refractivity contribution in [3.63, 3.8) is 0 Å². The molecule has 0 aromatic carbocycles. The molecular formula is C10H16O2. The summed E-state index contributed by atoms with van der Waals surface area (Å²) in [5.41, 5.74) is 0.403. The maximum Gasteiger partial charge on any atom is 0.0997 e. The zero-order valence-electron chi connectivity index (χ0n) is 7.96. The van der Waals surface area contributed by atoms with Gasteiger partial charge in [0.05, 0.1) is 23.4 Å². The van der Waals surface area contributed by atoms with E-state index in [0.717, 1.165) is 12.8 Å². The Balaban J connectivity index is 1.82. The lowest BCUT2D eigenvalue weighted by Gasteiger charge is -2.20. The largest absolute Gasteiger partial charge is 0.366 e. The minimum absolute atomic E-state index is 0.194. The molecule has 3 rings (SSSR count). The summed E-state index contributed by atoms with van der Waals surface area (Å²) in [5.74, 6) is 0.649. The van der Waals surface area contributed by atoms with Crippen molar-refractivity contribution in [1.29, 1.82) is 0 Å². The Kier molecular flexibility index (Phi) is 1.06. The zero-order chi connectivity index (χ0) is 8.56. The van der Waals surface area contributed by atoms with Crippen LogP contribution < -0.4 is 0 Å². The molecule has 0 unspecified atom stereocenters. The van der Waals surface area contributed by atoms with Crippen molar-refractivity contribution in [2.45, 2.75) is 57.0 Å². The van der Waals surface area contributed by atoms with Gasteiger partial charge >= 0.3 is 0 Å². The number of hydrogen-bond acceptors (Lipinski definition) is 2. The summed E-state index contributed by atoms with van der Waals surface area (Å²) < 4.78 is 11.5. The average Bonchev–Trinajstić information content (AvgIpc) is 2.74. The number of fused-ring (bicyclic) bond motifs is 2. The molecule has 4 atom stereocenters. The average molecular weight is 168 g/mol. The first-order valence-electron chi connectivity index (χ1n) is 4.92. The van der Waals surface area contributed by atoms with Crippen molar-refractivity contribution < 1.29 is 9.47 Å². The second kappa shape index (κ2) is 1.73. The molecule has 2 heterocycles. The molecular weight excluding hydrogens is 152 g/mol. The Bertz CT molecular complexity index is 238. The first kappa shape index (κ1) is 7.34. The summed E-state index contributed by atoms with van der Waals surface area (Å²) in [5, 5.41) is 0. The standard InChI is InChI=1S/C10H16O2/c1-6(2)10-5-7-9(3,11-7)4-8(10)12-10/h6-8H,4-5H2,1-3H3/t7-,8-,9+,10-/m1/s1. The molecule has 2 saturated heterocycles. The molecule has 12 heavy (non-hydrogen) atoms. The molecule has 0 bridgehead atoms. The predicted molar refractivity (Wildman–Crippen MR) is 45.0 cm³/mol. The van der Waals surface area contributed by atoms with Crippen LogP contribution in [0.5, 0.6) is 0 Å². The maximum absolute atomic E-state index is 5.81. The van der Waals surface area contributed by atoms with Crippen molar-refractivity contribution in [2.75, 3.05) is 0 Å². The maximum atomic E-state index is 5.81. The Hall–Kier alpha value is -0.0800. The Morgan fingerprint density at radius 3 is 2.58 bits per heavy atom. The van der Waals surface area contributed by atoms with E-state index in [4.69, 9.17) is 9.47 Å².